The van der Waals surface area contributed by atoms with Gasteiger partial charge in [0, 0.05) is 23.9 Å². The number of aromatic amines is 1. The molecule has 3 N–H and O–H groups in total. The zero-order valence-electron chi connectivity index (χ0n) is 14.8. The molecule has 0 radical (unpaired) electrons. The Morgan fingerprint density at radius 1 is 1.33 bits per heavy atom. The summed E-state index contributed by atoms with van der Waals surface area (Å²) in [6.07, 6.45) is 1.93. The number of rotatable bonds is 5. The number of anilines is 1. The number of hydrogen-bond acceptors (Lipinski definition) is 4. The molecule has 2 aromatic heterocycles. The van der Waals surface area contributed by atoms with Crippen LogP contribution in [-0.4, -0.2) is 31.9 Å². The van der Waals surface area contributed by atoms with Crippen LogP contribution in [0, 0.1) is 6.92 Å². The second kappa shape index (κ2) is 6.99. The molecule has 7 nitrogen and oxygen atoms in total. The van der Waals surface area contributed by atoms with Gasteiger partial charge in [-0.2, -0.15) is 0 Å². The van der Waals surface area contributed by atoms with E-state index in [1.807, 2.05) is 6.92 Å². The van der Waals surface area contributed by atoms with E-state index in [4.69, 9.17) is 0 Å². The smallest absolute Gasteiger partial charge is 0.338 e. The molecule has 0 fully saturated rings. The van der Waals surface area contributed by atoms with Crippen molar-refractivity contribution < 1.29 is 19.1 Å². The normalized spacial score (nSPS) is 10.8. The van der Waals surface area contributed by atoms with Gasteiger partial charge in [0.1, 0.15) is 11.5 Å². The molecule has 27 heavy (non-hydrogen) atoms. The lowest BCUT2D eigenvalue weighted by molar-refractivity contribution is -0.114. The van der Waals surface area contributed by atoms with Gasteiger partial charge in [0.2, 0.25) is 0 Å². The Hall–Kier alpha value is -3.55. The molecule has 138 valence electrons. The van der Waals surface area contributed by atoms with Crippen LogP contribution in [0.5, 0.6) is 0 Å². The van der Waals surface area contributed by atoms with Crippen LogP contribution in [0.2, 0.25) is 0 Å². The van der Waals surface area contributed by atoms with E-state index < -0.39 is 17.7 Å². The molecular weight excluding hydrogens is 351 g/mol. The van der Waals surface area contributed by atoms with E-state index in [2.05, 4.69) is 26.8 Å². The number of aryl methyl sites for hydroxylation is 2. The number of carboxylic acids is 1. The second-order valence-electron chi connectivity index (χ2n) is 5.96. The maximum atomic E-state index is 13.0. The van der Waals surface area contributed by atoms with Crippen molar-refractivity contribution in [2.24, 2.45) is 0 Å². The first-order valence-corrected chi connectivity index (χ1v) is 8.19. The Morgan fingerprint density at radius 2 is 2.07 bits per heavy atom. The number of halogens is 1. The maximum Gasteiger partial charge on any atom is 0.338 e. The predicted octanol–water partition coefficient (Wildman–Crippen LogP) is 3.62. The summed E-state index contributed by atoms with van der Waals surface area (Å²) in [5.41, 5.74) is 2.55. The zero-order valence-corrected chi connectivity index (χ0v) is 14.8. The Bertz CT molecular complexity index is 1090. The largest absolute Gasteiger partial charge is 0.478 e. The summed E-state index contributed by atoms with van der Waals surface area (Å²) in [4.78, 5) is 34.9. The van der Waals surface area contributed by atoms with Crippen molar-refractivity contribution in [2.45, 2.75) is 20.3 Å². The van der Waals surface area contributed by atoms with Gasteiger partial charge in [-0.1, -0.05) is 25.6 Å². The number of hydrogen-bond donors (Lipinski definition) is 3. The number of nitrogens with one attached hydrogen (secondary N) is 2. The summed E-state index contributed by atoms with van der Waals surface area (Å²) >= 11 is 0. The molecule has 2 heterocycles. The SMILES string of the molecule is C=C(F)C(=O)Nc1cc(-c2nc(CC)nc3[nH]cc(C(=O)O)c23)ccc1C. The molecule has 3 aromatic rings. The number of carbonyl (C=O) groups is 2. The van der Waals surface area contributed by atoms with E-state index in [-0.39, 0.29) is 5.56 Å². The van der Waals surface area contributed by atoms with Crippen molar-refractivity contribution >= 4 is 28.6 Å². The van der Waals surface area contributed by atoms with Gasteiger partial charge in [-0.3, -0.25) is 4.79 Å². The summed E-state index contributed by atoms with van der Waals surface area (Å²) in [5.74, 6) is -2.61. The maximum absolute atomic E-state index is 13.0. The third-order valence-corrected chi connectivity index (χ3v) is 4.13. The van der Waals surface area contributed by atoms with Crippen LogP contribution in [0.1, 0.15) is 28.7 Å². The minimum absolute atomic E-state index is 0.0472. The number of H-pyrrole nitrogens is 1. The van der Waals surface area contributed by atoms with Crippen molar-refractivity contribution in [2.75, 3.05) is 5.32 Å². The molecule has 0 unspecified atom stereocenters. The highest BCUT2D eigenvalue weighted by Crippen LogP contribution is 2.31. The highest BCUT2D eigenvalue weighted by atomic mass is 19.1. The molecule has 8 heteroatoms. The minimum atomic E-state index is -1.11. The van der Waals surface area contributed by atoms with E-state index in [9.17, 15) is 19.1 Å². The lowest BCUT2D eigenvalue weighted by atomic mass is 10.0. The predicted molar refractivity (Wildman–Crippen MR) is 99.3 cm³/mol. The minimum Gasteiger partial charge on any atom is -0.478 e. The van der Waals surface area contributed by atoms with Gasteiger partial charge in [-0.05, 0) is 18.6 Å². The number of fused-ring (bicyclic) bond motifs is 1. The van der Waals surface area contributed by atoms with Gasteiger partial charge in [0.05, 0.1) is 16.6 Å². The highest BCUT2D eigenvalue weighted by molar-refractivity contribution is 6.08. The van der Waals surface area contributed by atoms with Crippen LogP contribution in [0.3, 0.4) is 0 Å². The summed E-state index contributed by atoms with van der Waals surface area (Å²) < 4.78 is 13.0. The number of aromatic carboxylic acids is 1. The van der Waals surface area contributed by atoms with Gasteiger partial charge in [0.25, 0.3) is 5.91 Å². The van der Waals surface area contributed by atoms with E-state index >= 15 is 0 Å². The van der Waals surface area contributed by atoms with Crippen molar-refractivity contribution in [1.29, 1.82) is 0 Å². The van der Waals surface area contributed by atoms with Crippen molar-refractivity contribution in [3.05, 3.63) is 53.8 Å². The molecule has 0 spiro atoms. The second-order valence-corrected chi connectivity index (χ2v) is 5.96. The summed E-state index contributed by atoms with van der Waals surface area (Å²) in [7, 11) is 0. The van der Waals surface area contributed by atoms with E-state index in [0.717, 1.165) is 0 Å². The molecule has 1 aromatic carbocycles. The van der Waals surface area contributed by atoms with Crippen LogP contribution >= 0.6 is 0 Å². The van der Waals surface area contributed by atoms with Crippen LogP contribution in [0.15, 0.2) is 36.8 Å². The molecule has 0 aliphatic rings. The lowest BCUT2D eigenvalue weighted by Crippen LogP contribution is -2.12. The fourth-order valence-electron chi connectivity index (χ4n) is 2.71. The van der Waals surface area contributed by atoms with Crippen LogP contribution in [-0.2, 0) is 11.2 Å². The first-order valence-electron chi connectivity index (χ1n) is 8.19. The number of carbonyl (C=O) groups excluding carboxylic acids is 1. The fraction of sp³-hybridized carbons (Fsp3) is 0.158. The van der Waals surface area contributed by atoms with Crippen molar-refractivity contribution in [3.8, 4) is 11.3 Å². The first kappa shape index (κ1) is 18.2. The van der Waals surface area contributed by atoms with Crippen molar-refractivity contribution in [3.63, 3.8) is 0 Å². The molecule has 3 rings (SSSR count). The molecule has 0 saturated heterocycles. The lowest BCUT2D eigenvalue weighted by Gasteiger charge is -2.11. The van der Waals surface area contributed by atoms with Crippen molar-refractivity contribution in [1.82, 2.24) is 15.0 Å². The topological polar surface area (TPSA) is 108 Å². The van der Waals surface area contributed by atoms with E-state index in [1.165, 1.54) is 6.20 Å². The highest BCUT2D eigenvalue weighted by Gasteiger charge is 2.19. The Morgan fingerprint density at radius 3 is 2.70 bits per heavy atom. The molecule has 1 amide bonds. The van der Waals surface area contributed by atoms with E-state index in [0.29, 0.717) is 45.8 Å². The number of aromatic nitrogens is 3. The van der Waals surface area contributed by atoms with Crippen LogP contribution in [0.4, 0.5) is 10.1 Å². The molecular formula is C19H17FN4O3. The molecule has 0 atom stereocenters. The fourth-order valence-corrected chi connectivity index (χ4v) is 2.71. The van der Waals surface area contributed by atoms with Gasteiger partial charge in [-0.25, -0.2) is 19.2 Å². The Balaban J connectivity index is 2.22. The molecule has 0 aliphatic heterocycles. The van der Waals surface area contributed by atoms with Gasteiger partial charge < -0.3 is 15.4 Å². The number of carboxylic acid groups (broad SMARTS) is 1. The third kappa shape index (κ3) is 3.41. The first-order chi connectivity index (χ1) is 12.8. The van der Waals surface area contributed by atoms with Gasteiger partial charge in [0.15, 0.2) is 5.83 Å². The summed E-state index contributed by atoms with van der Waals surface area (Å²) in [6, 6.07) is 5.11. The summed E-state index contributed by atoms with van der Waals surface area (Å²) in [5, 5.41) is 12.3. The number of amides is 1. The van der Waals surface area contributed by atoms with Gasteiger partial charge >= 0.3 is 5.97 Å². The quantitative estimate of drug-likeness (QED) is 0.596. The van der Waals surface area contributed by atoms with Crippen LogP contribution < -0.4 is 5.32 Å². The molecule has 0 aliphatic carbocycles. The Labute approximate surface area is 154 Å². The van der Waals surface area contributed by atoms with Crippen LogP contribution in [0.25, 0.3) is 22.3 Å². The third-order valence-electron chi connectivity index (χ3n) is 4.13. The number of benzene rings is 1. The average Bonchev–Trinajstić information content (AvgIpc) is 3.06. The van der Waals surface area contributed by atoms with E-state index in [1.54, 1.807) is 25.1 Å². The summed E-state index contributed by atoms with van der Waals surface area (Å²) in [6.45, 7) is 6.63. The Kier molecular flexibility index (Phi) is 4.72. The molecule has 0 saturated carbocycles. The number of nitrogens with zero attached hydrogens (tertiary/aromatic N) is 2. The monoisotopic (exact) mass is 368 g/mol. The average molecular weight is 368 g/mol. The molecule has 0 bridgehead atoms. The van der Waals surface area contributed by atoms with Gasteiger partial charge in [-0.15, -0.1) is 0 Å². The standard InChI is InChI=1S/C19H17FN4O3/c1-4-14-23-16(15-12(19(26)27)8-21-17(15)24-14)11-6-5-9(2)13(7-11)22-18(25)10(3)20/h5-8H,3-4H2,1-2H3,(H,22,25)(H,26,27)(H,21,23,24). The zero-order chi connectivity index (χ0) is 19.7.